The third kappa shape index (κ3) is 3.14. The number of hydrogen-bond donors (Lipinski definition) is 1. The molecule has 1 aromatic carbocycles. The van der Waals surface area contributed by atoms with Crippen LogP contribution in [0.1, 0.15) is 32.3 Å². The van der Waals surface area contributed by atoms with Crippen molar-refractivity contribution in [1.82, 2.24) is 5.32 Å². The van der Waals surface area contributed by atoms with E-state index in [1.54, 1.807) is 0 Å². The SMILES string of the molecule is CCC(CC)NCC1Cc2cc(Cl)ccc2O1. The molecule has 1 aromatic rings. The smallest absolute Gasteiger partial charge is 0.123 e. The van der Waals surface area contributed by atoms with Crippen molar-refractivity contribution < 1.29 is 4.74 Å². The summed E-state index contributed by atoms with van der Waals surface area (Å²) in [5.41, 5.74) is 1.23. The van der Waals surface area contributed by atoms with E-state index in [0.29, 0.717) is 6.04 Å². The molecule has 1 unspecified atom stereocenters. The van der Waals surface area contributed by atoms with Gasteiger partial charge >= 0.3 is 0 Å². The van der Waals surface area contributed by atoms with Crippen LogP contribution in [0, 0.1) is 0 Å². The predicted octanol–water partition coefficient (Wildman–Crippen LogP) is 3.42. The Bertz CT molecular complexity index is 376. The summed E-state index contributed by atoms with van der Waals surface area (Å²) in [6, 6.07) is 6.46. The Labute approximate surface area is 108 Å². The Morgan fingerprint density at radius 3 is 2.88 bits per heavy atom. The van der Waals surface area contributed by atoms with E-state index in [2.05, 4.69) is 19.2 Å². The first-order valence-corrected chi connectivity index (χ1v) is 6.79. The van der Waals surface area contributed by atoms with Crippen LogP contribution < -0.4 is 10.1 Å². The van der Waals surface area contributed by atoms with Gasteiger partial charge in [-0.25, -0.2) is 0 Å². The van der Waals surface area contributed by atoms with Crippen LogP contribution in [-0.2, 0) is 6.42 Å². The lowest BCUT2D eigenvalue weighted by Gasteiger charge is -2.18. The highest BCUT2D eigenvalue weighted by Gasteiger charge is 2.23. The van der Waals surface area contributed by atoms with E-state index in [0.717, 1.165) is 23.7 Å². The highest BCUT2D eigenvalue weighted by atomic mass is 35.5. The molecule has 1 heterocycles. The van der Waals surface area contributed by atoms with Crippen molar-refractivity contribution >= 4 is 11.6 Å². The van der Waals surface area contributed by atoms with Crippen molar-refractivity contribution in [3.05, 3.63) is 28.8 Å². The standard InChI is InChI=1S/C14H20ClNO/c1-3-12(4-2)16-9-13-8-10-7-11(15)5-6-14(10)17-13/h5-7,12-13,16H,3-4,8-9H2,1-2H3. The second kappa shape index (κ2) is 5.74. The lowest BCUT2D eigenvalue weighted by Crippen LogP contribution is -2.36. The van der Waals surface area contributed by atoms with E-state index in [-0.39, 0.29) is 6.10 Å². The van der Waals surface area contributed by atoms with Crippen LogP contribution in [0.15, 0.2) is 18.2 Å². The number of fused-ring (bicyclic) bond motifs is 1. The average Bonchev–Trinajstić information content (AvgIpc) is 2.72. The number of halogens is 1. The Morgan fingerprint density at radius 2 is 2.18 bits per heavy atom. The summed E-state index contributed by atoms with van der Waals surface area (Å²) in [5.74, 6) is 0.991. The van der Waals surface area contributed by atoms with Crippen LogP contribution >= 0.6 is 11.6 Å². The van der Waals surface area contributed by atoms with Gasteiger partial charge in [0.1, 0.15) is 11.9 Å². The van der Waals surface area contributed by atoms with Gasteiger partial charge < -0.3 is 10.1 Å². The summed E-state index contributed by atoms with van der Waals surface area (Å²) in [4.78, 5) is 0. The highest BCUT2D eigenvalue weighted by molar-refractivity contribution is 6.30. The number of ether oxygens (including phenoxy) is 1. The second-order valence-electron chi connectivity index (χ2n) is 4.62. The predicted molar refractivity (Wildman–Crippen MR) is 71.9 cm³/mol. The van der Waals surface area contributed by atoms with E-state index >= 15 is 0 Å². The van der Waals surface area contributed by atoms with Crippen molar-refractivity contribution in [3.63, 3.8) is 0 Å². The lowest BCUT2D eigenvalue weighted by atomic mass is 10.1. The molecule has 1 atom stereocenters. The van der Waals surface area contributed by atoms with Gasteiger partial charge in [-0.05, 0) is 36.6 Å². The average molecular weight is 254 g/mol. The molecule has 0 aliphatic carbocycles. The summed E-state index contributed by atoms with van der Waals surface area (Å²) in [5, 5.41) is 4.35. The summed E-state index contributed by atoms with van der Waals surface area (Å²) < 4.78 is 5.88. The summed E-state index contributed by atoms with van der Waals surface area (Å²) >= 11 is 5.97. The molecular formula is C14H20ClNO. The van der Waals surface area contributed by atoms with Crippen LogP contribution in [0.2, 0.25) is 5.02 Å². The molecule has 1 aliphatic rings. The number of nitrogens with one attached hydrogen (secondary N) is 1. The zero-order valence-corrected chi connectivity index (χ0v) is 11.3. The first-order chi connectivity index (χ1) is 8.22. The molecule has 2 nitrogen and oxygen atoms in total. The number of rotatable bonds is 5. The largest absolute Gasteiger partial charge is 0.488 e. The molecule has 94 valence electrons. The molecule has 0 radical (unpaired) electrons. The molecule has 0 fully saturated rings. The highest BCUT2D eigenvalue weighted by Crippen LogP contribution is 2.30. The Hall–Kier alpha value is -0.730. The molecule has 0 amide bonds. The van der Waals surface area contributed by atoms with E-state index in [1.165, 1.54) is 18.4 Å². The van der Waals surface area contributed by atoms with Gasteiger partial charge in [-0.1, -0.05) is 25.4 Å². The molecule has 1 aliphatic heterocycles. The third-order valence-corrected chi connectivity index (χ3v) is 3.62. The molecule has 0 spiro atoms. The fourth-order valence-electron chi connectivity index (χ4n) is 2.28. The first-order valence-electron chi connectivity index (χ1n) is 6.41. The summed E-state index contributed by atoms with van der Waals surface area (Å²) in [6.07, 6.45) is 3.55. The van der Waals surface area contributed by atoms with Gasteiger partial charge in [-0.3, -0.25) is 0 Å². The summed E-state index contributed by atoms with van der Waals surface area (Å²) in [6.45, 7) is 5.34. The number of hydrogen-bond acceptors (Lipinski definition) is 2. The monoisotopic (exact) mass is 253 g/mol. The first kappa shape index (κ1) is 12.7. The van der Waals surface area contributed by atoms with Crippen molar-refractivity contribution in [2.45, 2.75) is 45.3 Å². The maximum absolute atomic E-state index is 5.97. The van der Waals surface area contributed by atoms with E-state index in [9.17, 15) is 0 Å². The molecule has 1 N–H and O–H groups in total. The minimum atomic E-state index is 0.254. The summed E-state index contributed by atoms with van der Waals surface area (Å²) in [7, 11) is 0. The lowest BCUT2D eigenvalue weighted by molar-refractivity contribution is 0.220. The number of benzene rings is 1. The van der Waals surface area contributed by atoms with Crippen LogP contribution in [0.4, 0.5) is 0 Å². The van der Waals surface area contributed by atoms with Crippen molar-refractivity contribution in [3.8, 4) is 5.75 Å². The van der Waals surface area contributed by atoms with Crippen molar-refractivity contribution in [1.29, 1.82) is 0 Å². The molecule has 0 saturated heterocycles. The molecular weight excluding hydrogens is 234 g/mol. The van der Waals surface area contributed by atoms with E-state index in [4.69, 9.17) is 16.3 Å². The van der Waals surface area contributed by atoms with Gasteiger partial charge in [0.2, 0.25) is 0 Å². The van der Waals surface area contributed by atoms with Crippen LogP contribution in [0.5, 0.6) is 5.75 Å². The van der Waals surface area contributed by atoms with Crippen LogP contribution in [-0.4, -0.2) is 18.7 Å². The quantitative estimate of drug-likeness (QED) is 0.868. The molecule has 0 aromatic heterocycles. The van der Waals surface area contributed by atoms with E-state index in [1.807, 2.05) is 18.2 Å². The third-order valence-electron chi connectivity index (χ3n) is 3.38. The Kier molecular flexibility index (Phi) is 4.30. The minimum Gasteiger partial charge on any atom is -0.488 e. The Morgan fingerprint density at radius 1 is 1.41 bits per heavy atom. The topological polar surface area (TPSA) is 21.3 Å². The van der Waals surface area contributed by atoms with Crippen molar-refractivity contribution in [2.75, 3.05) is 6.54 Å². The molecule has 3 heteroatoms. The Balaban J connectivity index is 1.88. The van der Waals surface area contributed by atoms with Crippen molar-refractivity contribution in [2.24, 2.45) is 0 Å². The minimum absolute atomic E-state index is 0.254. The van der Waals surface area contributed by atoms with Gasteiger partial charge in [0.15, 0.2) is 0 Å². The van der Waals surface area contributed by atoms with Crippen LogP contribution in [0.3, 0.4) is 0 Å². The molecule has 0 saturated carbocycles. The fourth-order valence-corrected chi connectivity index (χ4v) is 2.47. The van der Waals surface area contributed by atoms with E-state index < -0.39 is 0 Å². The zero-order chi connectivity index (χ0) is 12.3. The molecule has 17 heavy (non-hydrogen) atoms. The normalized spacial score (nSPS) is 18.2. The fraction of sp³-hybridized carbons (Fsp3) is 0.571. The molecule has 0 bridgehead atoms. The van der Waals surface area contributed by atoms with Crippen LogP contribution in [0.25, 0.3) is 0 Å². The maximum Gasteiger partial charge on any atom is 0.123 e. The van der Waals surface area contributed by atoms with Gasteiger partial charge in [-0.15, -0.1) is 0 Å². The zero-order valence-electron chi connectivity index (χ0n) is 10.5. The van der Waals surface area contributed by atoms with Gasteiger partial charge in [0, 0.05) is 24.0 Å². The second-order valence-corrected chi connectivity index (χ2v) is 5.05. The maximum atomic E-state index is 5.97. The van der Waals surface area contributed by atoms with Gasteiger partial charge in [0.25, 0.3) is 0 Å². The van der Waals surface area contributed by atoms with Gasteiger partial charge in [-0.2, -0.15) is 0 Å². The van der Waals surface area contributed by atoms with Gasteiger partial charge in [0.05, 0.1) is 0 Å². The molecule has 2 rings (SSSR count).